The highest BCUT2D eigenvalue weighted by Crippen LogP contribution is 2.33. The lowest BCUT2D eigenvalue weighted by atomic mass is 10.2. The maximum Gasteiger partial charge on any atom is 0.268 e. The SMILES string of the molecule is N#C/C(C(=O)Nc1cccnc1)=C(/N)C(Cl)(Cl)Cl. The average Bonchev–Trinajstić information content (AvgIpc) is 2.29. The third-order valence-electron chi connectivity index (χ3n) is 1.83. The normalized spacial score (nSPS) is 12.3. The number of allylic oxidation sites excluding steroid dienone is 1. The Morgan fingerprint density at radius 1 is 1.50 bits per heavy atom. The molecule has 0 bridgehead atoms. The molecule has 0 unspecified atom stereocenters. The molecule has 0 aliphatic heterocycles. The zero-order valence-electron chi connectivity index (χ0n) is 8.82. The van der Waals surface area contributed by atoms with Crippen molar-refractivity contribution >= 4 is 46.4 Å². The Balaban J connectivity index is 2.99. The summed E-state index contributed by atoms with van der Waals surface area (Å²) in [5.74, 6) is -0.769. The standard InChI is InChI=1S/C10H7Cl3N4O/c11-10(12,13)8(15)7(4-14)9(18)17-6-2-1-3-16-5-6/h1-3,5H,15H2,(H,17,18)/b8-7-. The van der Waals surface area contributed by atoms with Crippen molar-refractivity contribution in [2.24, 2.45) is 5.73 Å². The topological polar surface area (TPSA) is 91.8 Å². The van der Waals surface area contributed by atoms with Crippen LogP contribution in [0.2, 0.25) is 0 Å². The van der Waals surface area contributed by atoms with Crippen LogP contribution in [0.5, 0.6) is 0 Å². The summed E-state index contributed by atoms with van der Waals surface area (Å²) in [6.45, 7) is 0. The molecule has 5 nitrogen and oxygen atoms in total. The maximum absolute atomic E-state index is 11.8. The fourth-order valence-electron chi connectivity index (χ4n) is 1.01. The molecule has 0 spiro atoms. The van der Waals surface area contributed by atoms with Crippen molar-refractivity contribution in [2.45, 2.75) is 3.79 Å². The first-order valence-electron chi connectivity index (χ1n) is 4.54. The first-order valence-corrected chi connectivity index (χ1v) is 5.68. The van der Waals surface area contributed by atoms with Gasteiger partial charge >= 0.3 is 0 Å². The molecule has 1 rings (SSSR count). The van der Waals surface area contributed by atoms with E-state index in [1.165, 1.54) is 12.4 Å². The molecule has 0 radical (unpaired) electrons. The molecule has 0 saturated heterocycles. The van der Waals surface area contributed by atoms with Crippen molar-refractivity contribution in [1.82, 2.24) is 4.98 Å². The Hall–Kier alpha value is -1.48. The lowest BCUT2D eigenvalue weighted by Crippen LogP contribution is -2.24. The van der Waals surface area contributed by atoms with Gasteiger partial charge in [-0.2, -0.15) is 5.26 Å². The lowest BCUT2D eigenvalue weighted by molar-refractivity contribution is -0.112. The third kappa shape index (κ3) is 3.77. The number of carbonyl (C=O) groups excluding carboxylic acids is 1. The Morgan fingerprint density at radius 2 is 2.17 bits per heavy atom. The molecular formula is C10H7Cl3N4O. The fraction of sp³-hybridized carbons (Fsp3) is 0.100. The van der Waals surface area contributed by atoms with Crippen LogP contribution in [0.25, 0.3) is 0 Å². The number of halogens is 3. The summed E-state index contributed by atoms with van der Waals surface area (Å²) in [6, 6.07) is 4.80. The molecule has 0 aliphatic carbocycles. The molecule has 94 valence electrons. The average molecular weight is 306 g/mol. The summed E-state index contributed by atoms with van der Waals surface area (Å²) in [7, 11) is 0. The molecule has 0 atom stereocenters. The van der Waals surface area contributed by atoms with Gasteiger partial charge in [0.25, 0.3) is 5.91 Å². The molecule has 1 aromatic heterocycles. The van der Waals surface area contributed by atoms with Gasteiger partial charge in [0.2, 0.25) is 3.79 Å². The number of anilines is 1. The smallest absolute Gasteiger partial charge is 0.268 e. The highest BCUT2D eigenvalue weighted by Gasteiger charge is 2.29. The van der Waals surface area contributed by atoms with Crippen molar-refractivity contribution in [3.63, 3.8) is 0 Å². The second-order valence-electron chi connectivity index (χ2n) is 3.09. The van der Waals surface area contributed by atoms with Gasteiger partial charge in [-0.15, -0.1) is 0 Å². The second-order valence-corrected chi connectivity index (χ2v) is 5.38. The van der Waals surface area contributed by atoms with Gasteiger partial charge in [0.1, 0.15) is 11.6 Å². The van der Waals surface area contributed by atoms with E-state index < -0.39 is 21.0 Å². The molecule has 1 aromatic rings. The van der Waals surface area contributed by atoms with E-state index in [-0.39, 0.29) is 0 Å². The van der Waals surface area contributed by atoms with Crippen LogP contribution in [-0.4, -0.2) is 14.7 Å². The zero-order valence-corrected chi connectivity index (χ0v) is 11.1. The third-order valence-corrected chi connectivity index (χ3v) is 2.44. The number of rotatable bonds is 2. The van der Waals surface area contributed by atoms with Crippen LogP contribution < -0.4 is 11.1 Å². The molecule has 0 aromatic carbocycles. The quantitative estimate of drug-likeness (QED) is 0.497. The highest BCUT2D eigenvalue weighted by atomic mass is 35.6. The van der Waals surface area contributed by atoms with Crippen LogP contribution in [-0.2, 0) is 4.79 Å². The monoisotopic (exact) mass is 304 g/mol. The summed E-state index contributed by atoms with van der Waals surface area (Å²) in [4.78, 5) is 15.5. The van der Waals surface area contributed by atoms with Gasteiger partial charge in [-0.25, -0.2) is 0 Å². The van der Waals surface area contributed by atoms with Crippen molar-refractivity contribution < 1.29 is 4.79 Å². The summed E-state index contributed by atoms with van der Waals surface area (Å²) in [5, 5.41) is 11.3. The number of alkyl halides is 3. The number of nitriles is 1. The van der Waals surface area contributed by atoms with Crippen molar-refractivity contribution in [3.8, 4) is 6.07 Å². The van der Waals surface area contributed by atoms with Gasteiger partial charge in [-0.05, 0) is 12.1 Å². The Morgan fingerprint density at radius 3 is 2.61 bits per heavy atom. The van der Waals surface area contributed by atoms with E-state index in [4.69, 9.17) is 45.8 Å². The Kier molecular flexibility index (Phi) is 4.79. The number of hydrogen-bond acceptors (Lipinski definition) is 4. The first-order chi connectivity index (χ1) is 8.36. The van der Waals surface area contributed by atoms with Crippen LogP contribution in [0.4, 0.5) is 5.69 Å². The van der Waals surface area contributed by atoms with Crippen molar-refractivity contribution in [1.29, 1.82) is 5.26 Å². The first kappa shape index (κ1) is 14.6. The van der Waals surface area contributed by atoms with Gasteiger partial charge in [-0.3, -0.25) is 9.78 Å². The predicted molar refractivity (Wildman–Crippen MR) is 70.0 cm³/mol. The van der Waals surface area contributed by atoms with Crippen LogP contribution in [0, 0.1) is 11.3 Å². The number of amides is 1. The van der Waals surface area contributed by atoms with Crippen LogP contribution in [0.15, 0.2) is 35.8 Å². The number of aromatic nitrogens is 1. The van der Waals surface area contributed by atoms with E-state index in [0.717, 1.165) is 0 Å². The predicted octanol–water partition coefficient (Wildman–Crippen LogP) is 2.13. The molecule has 0 aliphatic rings. The van der Waals surface area contributed by atoms with Crippen LogP contribution in [0.3, 0.4) is 0 Å². The summed E-state index contributed by atoms with van der Waals surface area (Å²) < 4.78 is -2.02. The van der Waals surface area contributed by atoms with E-state index in [9.17, 15) is 4.79 Å². The van der Waals surface area contributed by atoms with E-state index in [1.54, 1.807) is 18.2 Å². The van der Waals surface area contributed by atoms with Crippen LogP contribution >= 0.6 is 34.8 Å². The highest BCUT2D eigenvalue weighted by molar-refractivity contribution is 6.69. The Labute approximate surface area is 118 Å². The summed E-state index contributed by atoms with van der Waals surface area (Å²) in [6.07, 6.45) is 2.94. The molecule has 0 fully saturated rings. The van der Waals surface area contributed by atoms with E-state index in [1.807, 2.05) is 0 Å². The van der Waals surface area contributed by atoms with Crippen LogP contribution in [0.1, 0.15) is 0 Å². The van der Waals surface area contributed by atoms with Gasteiger partial charge < -0.3 is 11.1 Å². The number of carbonyl (C=O) groups is 1. The molecular weight excluding hydrogens is 298 g/mol. The molecule has 0 saturated carbocycles. The summed E-state index contributed by atoms with van der Waals surface area (Å²) in [5.41, 5.74) is 4.95. The minimum atomic E-state index is -2.02. The van der Waals surface area contributed by atoms with Crippen molar-refractivity contribution in [3.05, 3.63) is 35.8 Å². The largest absolute Gasteiger partial charge is 0.397 e. The van der Waals surface area contributed by atoms with Gasteiger partial charge in [0, 0.05) is 6.20 Å². The van der Waals surface area contributed by atoms with Crippen molar-refractivity contribution in [2.75, 3.05) is 5.32 Å². The van der Waals surface area contributed by atoms with Gasteiger partial charge in [0.05, 0.1) is 17.6 Å². The number of pyridine rings is 1. The lowest BCUT2D eigenvalue weighted by Gasteiger charge is -2.13. The zero-order chi connectivity index (χ0) is 13.8. The molecule has 1 amide bonds. The minimum Gasteiger partial charge on any atom is -0.397 e. The second kappa shape index (κ2) is 5.91. The number of nitrogens with two attached hydrogens (primary N) is 1. The Bertz CT molecular complexity index is 516. The molecule has 18 heavy (non-hydrogen) atoms. The van der Waals surface area contributed by atoms with E-state index in [0.29, 0.717) is 5.69 Å². The van der Waals surface area contributed by atoms with E-state index in [2.05, 4.69) is 10.3 Å². The number of nitrogens with one attached hydrogen (secondary N) is 1. The maximum atomic E-state index is 11.8. The molecule has 3 N–H and O–H groups in total. The van der Waals surface area contributed by atoms with Gasteiger partial charge in [-0.1, -0.05) is 34.8 Å². The molecule has 1 heterocycles. The minimum absolute atomic E-state index is 0.396. The summed E-state index contributed by atoms with van der Waals surface area (Å²) >= 11 is 16.5. The van der Waals surface area contributed by atoms with E-state index >= 15 is 0 Å². The number of hydrogen-bond donors (Lipinski definition) is 2. The number of nitrogens with zero attached hydrogens (tertiary/aromatic N) is 2. The van der Waals surface area contributed by atoms with Gasteiger partial charge in [0.15, 0.2) is 0 Å². The molecule has 8 heteroatoms. The fourth-order valence-corrected chi connectivity index (χ4v) is 1.29.